The van der Waals surface area contributed by atoms with Gasteiger partial charge in [-0.3, -0.25) is 0 Å². The zero-order valence-corrected chi connectivity index (χ0v) is 10.2. The average Bonchev–Trinajstić information content (AvgIpc) is 2.38. The molecule has 0 aromatic heterocycles. The van der Waals surface area contributed by atoms with E-state index in [1.165, 1.54) is 0 Å². The third kappa shape index (κ3) is 4.22. The Balaban J connectivity index is 2.54. The molecule has 0 bridgehead atoms. The van der Waals surface area contributed by atoms with E-state index < -0.39 is 6.10 Å². The number of hydrogen-bond acceptors (Lipinski definition) is 4. The predicted molar refractivity (Wildman–Crippen MR) is 63.1 cm³/mol. The second-order valence-corrected chi connectivity index (χ2v) is 3.75. The van der Waals surface area contributed by atoms with Crippen molar-refractivity contribution in [1.82, 2.24) is 0 Å². The van der Waals surface area contributed by atoms with E-state index >= 15 is 0 Å². The Morgan fingerprint density at radius 2 is 1.94 bits per heavy atom. The molecule has 0 aliphatic heterocycles. The van der Waals surface area contributed by atoms with Gasteiger partial charge in [0.2, 0.25) is 0 Å². The Hall–Kier alpha value is -1.30. The molecule has 4 N–H and O–H groups in total. The molecule has 0 saturated carbocycles. The smallest absolute Gasteiger partial charge is 0.161 e. The highest BCUT2D eigenvalue weighted by Crippen LogP contribution is 2.27. The van der Waals surface area contributed by atoms with E-state index in [-0.39, 0.29) is 6.61 Å². The SMILES string of the molecule is COc1ccc(C[NH2+]C[C@H](O)CO)cc1OC. The molecule has 0 aliphatic carbocycles. The Morgan fingerprint density at radius 3 is 2.53 bits per heavy atom. The van der Waals surface area contributed by atoms with Crippen LogP contribution in [0.15, 0.2) is 18.2 Å². The standard InChI is InChI=1S/C12H19NO4/c1-16-11-4-3-9(5-12(11)17-2)6-13-7-10(15)8-14/h3-5,10,13-15H,6-8H2,1-2H3/p+1/t10-/m0/s1. The molecular weight excluding hydrogens is 222 g/mol. The van der Waals surface area contributed by atoms with E-state index in [9.17, 15) is 5.11 Å². The van der Waals surface area contributed by atoms with Crippen LogP contribution in [0.1, 0.15) is 5.56 Å². The van der Waals surface area contributed by atoms with Crippen molar-refractivity contribution in [2.75, 3.05) is 27.4 Å². The number of hydrogen-bond donors (Lipinski definition) is 3. The van der Waals surface area contributed by atoms with E-state index in [1.807, 2.05) is 23.5 Å². The lowest BCUT2D eigenvalue weighted by Gasteiger charge is -2.10. The van der Waals surface area contributed by atoms with Gasteiger partial charge >= 0.3 is 0 Å². The van der Waals surface area contributed by atoms with Crippen LogP contribution >= 0.6 is 0 Å². The van der Waals surface area contributed by atoms with E-state index in [2.05, 4.69) is 0 Å². The predicted octanol–water partition coefficient (Wildman–Crippen LogP) is -0.880. The fourth-order valence-corrected chi connectivity index (χ4v) is 1.52. The topological polar surface area (TPSA) is 75.5 Å². The highest BCUT2D eigenvalue weighted by Gasteiger charge is 2.07. The Kier molecular flexibility index (Phi) is 5.76. The fourth-order valence-electron chi connectivity index (χ4n) is 1.52. The van der Waals surface area contributed by atoms with Gasteiger partial charge in [0.15, 0.2) is 11.5 Å². The molecule has 0 unspecified atom stereocenters. The summed E-state index contributed by atoms with van der Waals surface area (Å²) >= 11 is 0. The zero-order valence-electron chi connectivity index (χ0n) is 10.2. The van der Waals surface area contributed by atoms with Crippen molar-refractivity contribution in [2.45, 2.75) is 12.6 Å². The number of rotatable bonds is 7. The summed E-state index contributed by atoms with van der Waals surface area (Å²) in [5.74, 6) is 1.40. The second-order valence-electron chi connectivity index (χ2n) is 3.75. The Bertz CT molecular complexity index is 343. The van der Waals surface area contributed by atoms with Gasteiger partial charge in [0, 0.05) is 5.56 Å². The summed E-state index contributed by atoms with van der Waals surface area (Å²) in [5.41, 5.74) is 1.08. The number of aliphatic hydroxyl groups excluding tert-OH is 2. The minimum atomic E-state index is -0.671. The molecule has 0 radical (unpaired) electrons. The molecule has 0 heterocycles. The van der Waals surface area contributed by atoms with Crippen molar-refractivity contribution in [3.8, 4) is 11.5 Å². The Labute approximate surface area is 101 Å². The maximum atomic E-state index is 9.19. The van der Waals surface area contributed by atoms with Crippen molar-refractivity contribution in [2.24, 2.45) is 0 Å². The molecule has 0 saturated heterocycles. The molecule has 1 rings (SSSR count). The first-order valence-corrected chi connectivity index (χ1v) is 5.52. The van der Waals surface area contributed by atoms with Crippen LogP contribution in [0, 0.1) is 0 Å². The van der Waals surface area contributed by atoms with Gasteiger partial charge in [-0.05, 0) is 18.2 Å². The maximum Gasteiger partial charge on any atom is 0.161 e. The van der Waals surface area contributed by atoms with Gasteiger partial charge in [-0.15, -0.1) is 0 Å². The molecule has 1 atom stereocenters. The van der Waals surface area contributed by atoms with Gasteiger partial charge in [0.25, 0.3) is 0 Å². The fraction of sp³-hybridized carbons (Fsp3) is 0.500. The van der Waals surface area contributed by atoms with Crippen LogP contribution in [0.4, 0.5) is 0 Å². The molecule has 17 heavy (non-hydrogen) atoms. The first kappa shape index (κ1) is 13.8. The maximum absolute atomic E-state index is 9.19. The third-order valence-corrected chi connectivity index (χ3v) is 2.48. The van der Waals surface area contributed by atoms with Gasteiger partial charge in [-0.2, -0.15) is 0 Å². The van der Waals surface area contributed by atoms with Crippen molar-refractivity contribution >= 4 is 0 Å². The molecule has 96 valence electrons. The lowest BCUT2D eigenvalue weighted by Crippen LogP contribution is -2.85. The van der Waals surface area contributed by atoms with Crippen molar-refractivity contribution < 1.29 is 25.0 Å². The van der Waals surface area contributed by atoms with Crippen LogP contribution in [0.25, 0.3) is 0 Å². The van der Waals surface area contributed by atoms with Crippen LogP contribution in [-0.2, 0) is 6.54 Å². The number of quaternary nitrogens is 1. The first-order chi connectivity index (χ1) is 8.21. The molecule has 0 amide bonds. The molecular formula is C12H20NO4+. The molecule has 5 heteroatoms. The quantitative estimate of drug-likeness (QED) is 0.580. The number of benzene rings is 1. The van der Waals surface area contributed by atoms with Gasteiger partial charge in [-0.1, -0.05) is 0 Å². The van der Waals surface area contributed by atoms with Crippen LogP contribution in [0.3, 0.4) is 0 Å². The minimum Gasteiger partial charge on any atom is -0.493 e. The van der Waals surface area contributed by atoms with Crippen LogP contribution in [0.5, 0.6) is 11.5 Å². The molecule has 1 aromatic carbocycles. The number of aliphatic hydroxyl groups is 2. The molecule has 5 nitrogen and oxygen atoms in total. The number of nitrogens with two attached hydrogens (primary N) is 1. The summed E-state index contributed by atoms with van der Waals surface area (Å²) in [6.07, 6.45) is -0.671. The number of ether oxygens (including phenoxy) is 2. The van der Waals surface area contributed by atoms with E-state index in [0.717, 1.165) is 12.1 Å². The number of methoxy groups -OCH3 is 2. The summed E-state index contributed by atoms with van der Waals surface area (Å²) < 4.78 is 10.3. The lowest BCUT2D eigenvalue weighted by molar-refractivity contribution is -0.676. The van der Waals surface area contributed by atoms with Gasteiger partial charge in [-0.25, -0.2) is 0 Å². The molecule has 0 fully saturated rings. The van der Waals surface area contributed by atoms with Gasteiger partial charge in [0.1, 0.15) is 19.2 Å². The molecule has 0 aliphatic rings. The zero-order chi connectivity index (χ0) is 12.7. The normalized spacial score (nSPS) is 12.2. The van der Waals surface area contributed by atoms with Crippen molar-refractivity contribution in [1.29, 1.82) is 0 Å². The molecule has 0 spiro atoms. The van der Waals surface area contributed by atoms with Gasteiger partial charge < -0.3 is 25.0 Å². The second kappa shape index (κ2) is 7.11. The summed E-state index contributed by atoms with van der Waals surface area (Å²) in [4.78, 5) is 0. The summed E-state index contributed by atoms with van der Waals surface area (Å²) in [7, 11) is 3.20. The van der Waals surface area contributed by atoms with Crippen LogP contribution < -0.4 is 14.8 Å². The average molecular weight is 242 g/mol. The lowest BCUT2D eigenvalue weighted by atomic mass is 10.2. The highest BCUT2D eigenvalue weighted by molar-refractivity contribution is 5.42. The van der Waals surface area contributed by atoms with Crippen LogP contribution in [-0.4, -0.2) is 43.7 Å². The highest BCUT2D eigenvalue weighted by atomic mass is 16.5. The largest absolute Gasteiger partial charge is 0.493 e. The van der Waals surface area contributed by atoms with E-state index in [1.54, 1.807) is 14.2 Å². The third-order valence-electron chi connectivity index (χ3n) is 2.48. The summed E-state index contributed by atoms with van der Waals surface area (Å²) in [6.45, 7) is 0.991. The van der Waals surface area contributed by atoms with E-state index in [0.29, 0.717) is 18.0 Å². The summed E-state index contributed by atoms with van der Waals surface area (Å²) in [5, 5.41) is 19.8. The van der Waals surface area contributed by atoms with Crippen LogP contribution in [0.2, 0.25) is 0 Å². The summed E-state index contributed by atoms with van der Waals surface area (Å²) in [6, 6.07) is 5.70. The Morgan fingerprint density at radius 1 is 1.24 bits per heavy atom. The monoisotopic (exact) mass is 242 g/mol. The van der Waals surface area contributed by atoms with E-state index in [4.69, 9.17) is 14.6 Å². The first-order valence-electron chi connectivity index (χ1n) is 5.52. The van der Waals surface area contributed by atoms with Crippen molar-refractivity contribution in [3.05, 3.63) is 23.8 Å². The minimum absolute atomic E-state index is 0.206. The van der Waals surface area contributed by atoms with Crippen molar-refractivity contribution in [3.63, 3.8) is 0 Å². The molecule has 1 aromatic rings. The van der Waals surface area contributed by atoms with Gasteiger partial charge in [0.05, 0.1) is 20.8 Å².